The Labute approximate surface area is 127 Å². The number of nitrogens with zero attached hydrogens (tertiary/aromatic N) is 2. The first-order valence-corrected chi connectivity index (χ1v) is 7.58. The highest BCUT2D eigenvalue weighted by Gasteiger charge is 2.30. The van der Waals surface area contributed by atoms with Crippen molar-refractivity contribution in [3.8, 4) is 0 Å². The van der Waals surface area contributed by atoms with Crippen molar-refractivity contribution >= 4 is 5.91 Å². The van der Waals surface area contributed by atoms with Gasteiger partial charge < -0.3 is 9.64 Å². The van der Waals surface area contributed by atoms with Crippen molar-refractivity contribution in [2.24, 2.45) is 0 Å². The summed E-state index contributed by atoms with van der Waals surface area (Å²) < 4.78 is 5.39. The molecule has 1 aromatic carbocycles. The Hall–Kier alpha value is -1.39. The third kappa shape index (κ3) is 3.83. The molecule has 0 radical (unpaired) electrons. The summed E-state index contributed by atoms with van der Waals surface area (Å²) in [7, 11) is 5.84. The van der Waals surface area contributed by atoms with Crippen LogP contribution in [0.15, 0.2) is 24.3 Å². The van der Waals surface area contributed by atoms with Gasteiger partial charge >= 0.3 is 0 Å². The molecule has 4 nitrogen and oxygen atoms in total. The lowest BCUT2D eigenvalue weighted by Crippen LogP contribution is -2.45. The van der Waals surface area contributed by atoms with Gasteiger partial charge in [-0.2, -0.15) is 0 Å². The normalized spacial score (nSPS) is 17.8. The smallest absolute Gasteiger partial charge is 0.244 e. The first kappa shape index (κ1) is 16.0. The third-order valence-electron chi connectivity index (χ3n) is 4.23. The van der Waals surface area contributed by atoms with Crippen molar-refractivity contribution in [1.82, 2.24) is 9.80 Å². The molecule has 4 heteroatoms. The molecule has 1 atom stereocenters. The van der Waals surface area contributed by atoms with Crippen LogP contribution in [0.2, 0.25) is 0 Å². The van der Waals surface area contributed by atoms with Crippen LogP contribution in [-0.4, -0.2) is 56.1 Å². The zero-order valence-electron chi connectivity index (χ0n) is 13.5. The first-order valence-electron chi connectivity index (χ1n) is 7.58. The molecule has 1 aliphatic rings. The van der Waals surface area contributed by atoms with Gasteiger partial charge in [0.1, 0.15) is 6.04 Å². The molecule has 1 heterocycles. The van der Waals surface area contributed by atoms with E-state index in [4.69, 9.17) is 4.74 Å². The van der Waals surface area contributed by atoms with Crippen LogP contribution in [0.5, 0.6) is 0 Å². The third-order valence-corrected chi connectivity index (χ3v) is 4.23. The Morgan fingerprint density at radius 3 is 2.24 bits per heavy atom. The Morgan fingerprint density at radius 2 is 1.71 bits per heavy atom. The van der Waals surface area contributed by atoms with Crippen molar-refractivity contribution in [2.75, 3.05) is 34.4 Å². The summed E-state index contributed by atoms with van der Waals surface area (Å²) in [5.74, 6) is 0.163. The van der Waals surface area contributed by atoms with E-state index in [-0.39, 0.29) is 11.9 Å². The molecule has 0 bridgehead atoms. The van der Waals surface area contributed by atoms with Crippen molar-refractivity contribution in [1.29, 1.82) is 0 Å². The van der Waals surface area contributed by atoms with Gasteiger partial charge in [-0.05, 0) is 39.4 Å². The van der Waals surface area contributed by atoms with Gasteiger partial charge in [0, 0.05) is 26.3 Å². The van der Waals surface area contributed by atoms with Crippen molar-refractivity contribution in [3.63, 3.8) is 0 Å². The molecule has 0 aliphatic carbocycles. The molecule has 116 valence electrons. The Balaban J connectivity index is 2.16. The molecule has 0 saturated carbocycles. The number of carbonyl (C=O) groups excluding carboxylic acids is 1. The zero-order valence-corrected chi connectivity index (χ0v) is 13.5. The van der Waals surface area contributed by atoms with Crippen molar-refractivity contribution in [2.45, 2.75) is 31.8 Å². The number of hydrogen-bond acceptors (Lipinski definition) is 3. The zero-order chi connectivity index (χ0) is 15.4. The van der Waals surface area contributed by atoms with Gasteiger partial charge in [-0.3, -0.25) is 9.69 Å². The number of carbonyl (C=O) groups is 1. The van der Waals surface area contributed by atoms with Gasteiger partial charge in [0.15, 0.2) is 0 Å². The summed E-state index contributed by atoms with van der Waals surface area (Å²) in [5.41, 5.74) is 2.26. The van der Waals surface area contributed by atoms with Gasteiger partial charge in [-0.1, -0.05) is 29.8 Å². The number of likely N-dealkylation sites (N-methyl/N-ethyl adjacent to an activating group) is 2. The Morgan fingerprint density at radius 1 is 1.14 bits per heavy atom. The first-order chi connectivity index (χ1) is 10.0. The Kier molecular flexibility index (Phi) is 5.37. The number of hydrogen-bond donors (Lipinski definition) is 0. The molecule has 1 saturated heterocycles. The summed E-state index contributed by atoms with van der Waals surface area (Å²) in [4.78, 5) is 16.8. The van der Waals surface area contributed by atoms with Gasteiger partial charge in [0.2, 0.25) is 5.91 Å². The van der Waals surface area contributed by atoms with Crippen LogP contribution in [-0.2, 0) is 9.53 Å². The topological polar surface area (TPSA) is 32.8 Å². The van der Waals surface area contributed by atoms with E-state index in [0.717, 1.165) is 31.6 Å². The van der Waals surface area contributed by atoms with E-state index < -0.39 is 0 Å². The fourth-order valence-electron chi connectivity index (χ4n) is 2.86. The number of aryl methyl sites for hydroxylation is 1. The van der Waals surface area contributed by atoms with E-state index in [1.165, 1.54) is 5.56 Å². The second-order valence-electron chi connectivity index (χ2n) is 6.07. The fraction of sp³-hybridized carbons (Fsp3) is 0.588. The van der Waals surface area contributed by atoms with E-state index in [9.17, 15) is 4.79 Å². The van der Waals surface area contributed by atoms with E-state index in [1.807, 2.05) is 30.9 Å². The van der Waals surface area contributed by atoms with Crippen LogP contribution < -0.4 is 0 Å². The summed E-state index contributed by atoms with van der Waals surface area (Å²) in [6.07, 6.45) is 1.85. The lowest BCUT2D eigenvalue weighted by Gasteiger charge is -2.35. The van der Waals surface area contributed by atoms with Gasteiger partial charge in [-0.15, -0.1) is 0 Å². The number of ether oxygens (including phenoxy) is 1. The van der Waals surface area contributed by atoms with Crippen LogP contribution in [0, 0.1) is 6.92 Å². The van der Waals surface area contributed by atoms with Gasteiger partial charge in [-0.25, -0.2) is 0 Å². The van der Waals surface area contributed by atoms with Crippen LogP contribution in [0.3, 0.4) is 0 Å². The molecule has 0 spiro atoms. The maximum Gasteiger partial charge on any atom is 0.244 e. The molecule has 1 aromatic rings. The minimum Gasteiger partial charge on any atom is -0.381 e. The number of amides is 1. The number of rotatable bonds is 4. The molecular weight excluding hydrogens is 264 g/mol. The van der Waals surface area contributed by atoms with E-state index >= 15 is 0 Å². The summed E-state index contributed by atoms with van der Waals surface area (Å²) in [6, 6.07) is 8.30. The summed E-state index contributed by atoms with van der Waals surface area (Å²) >= 11 is 0. The molecule has 21 heavy (non-hydrogen) atoms. The van der Waals surface area contributed by atoms with E-state index in [0.29, 0.717) is 6.04 Å². The van der Waals surface area contributed by atoms with Gasteiger partial charge in [0.25, 0.3) is 0 Å². The fourth-order valence-corrected chi connectivity index (χ4v) is 2.86. The van der Waals surface area contributed by atoms with Crippen LogP contribution in [0.4, 0.5) is 0 Å². The molecule has 0 unspecified atom stereocenters. The highest BCUT2D eigenvalue weighted by Crippen LogP contribution is 2.24. The second-order valence-corrected chi connectivity index (χ2v) is 6.07. The molecule has 1 amide bonds. The standard InChI is InChI=1S/C17H26N2O2/c1-13-5-7-14(8-6-13)16(18(2)3)17(20)19(4)15-9-11-21-12-10-15/h5-8,15-16H,9-12H2,1-4H3/t16-/m1/s1. The summed E-state index contributed by atoms with van der Waals surface area (Å²) in [6.45, 7) is 3.56. The molecule has 0 N–H and O–H groups in total. The maximum absolute atomic E-state index is 12.9. The SMILES string of the molecule is Cc1ccc([C@H](C(=O)N(C)C2CCOCC2)N(C)C)cc1. The molecule has 1 fully saturated rings. The van der Waals surface area contributed by atoms with E-state index in [2.05, 4.69) is 31.2 Å². The maximum atomic E-state index is 12.9. The summed E-state index contributed by atoms with van der Waals surface area (Å²) in [5, 5.41) is 0. The largest absolute Gasteiger partial charge is 0.381 e. The van der Waals surface area contributed by atoms with Crippen LogP contribution in [0.1, 0.15) is 30.0 Å². The predicted molar refractivity (Wildman–Crippen MR) is 84.2 cm³/mol. The van der Waals surface area contributed by atoms with Crippen molar-refractivity contribution in [3.05, 3.63) is 35.4 Å². The highest BCUT2D eigenvalue weighted by molar-refractivity contribution is 5.83. The van der Waals surface area contributed by atoms with Crippen molar-refractivity contribution < 1.29 is 9.53 Å². The van der Waals surface area contributed by atoms with Crippen LogP contribution in [0.25, 0.3) is 0 Å². The molecule has 2 rings (SSSR count). The monoisotopic (exact) mass is 290 g/mol. The quantitative estimate of drug-likeness (QED) is 0.852. The number of benzene rings is 1. The van der Waals surface area contributed by atoms with Gasteiger partial charge in [0.05, 0.1) is 0 Å². The average molecular weight is 290 g/mol. The second kappa shape index (κ2) is 7.05. The van der Waals surface area contributed by atoms with E-state index in [1.54, 1.807) is 0 Å². The molecule has 0 aromatic heterocycles. The predicted octanol–water partition coefficient (Wildman–Crippen LogP) is 2.24. The minimum atomic E-state index is -0.224. The average Bonchev–Trinajstić information content (AvgIpc) is 2.49. The molecular formula is C17H26N2O2. The highest BCUT2D eigenvalue weighted by atomic mass is 16.5. The Bertz CT molecular complexity index is 464. The lowest BCUT2D eigenvalue weighted by atomic mass is 10.0. The molecule has 1 aliphatic heterocycles. The minimum absolute atomic E-state index is 0.163. The lowest BCUT2D eigenvalue weighted by molar-refractivity contribution is -0.138. The van der Waals surface area contributed by atoms with Crippen LogP contribution >= 0.6 is 0 Å².